The lowest BCUT2D eigenvalue weighted by molar-refractivity contribution is 0.0692. The summed E-state index contributed by atoms with van der Waals surface area (Å²) in [5.74, 6) is 0.996. The van der Waals surface area contributed by atoms with Gasteiger partial charge in [0.2, 0.25) is 0 Å². The molecule has 2 rings (SSSR count). The second kappa shape index (κ2) is 10.7. The van der Waals surface area contributed by atoms with Crippen molar-refractivity contribution in [2.75, 3.05) is 33.4 Å². The lowest BCUT2D eigenvalue weighted by Gasteiger charge is -2.28. The molecule has 1 aromatic carbocycles. The van der Waals surface area contributed by atoms with Crippen LogP contribution >= 0.6 is 24.0 Å². The highest BCUT2D eigenvalue weighted by molar-refractivity contribution is 6.32. The number of rotatable bonds is 8. The third-order valence-corrected chi connectivity index (χ3v) is 4.41. The van der Waals surface area contributed by atoms with Gasteiger partial charge in [0.25, 0.3) is 5.91 Å². The molecule has 1 saturated heterocycles. The van der Waals surface area contributed by atoms with E-state index < -0.39 is 0 Å². The number of benzene rings is 1. The molecule has 1 amide bonds. The van der Waals surface area contributed by atoms with Gasteiger partial charge in [0, 0.05) is 24.7 Å². The van der Waals surface area contributed by atoms with E-state index >= 15 is 0 Å². The Bertz CT molecular complexity index is 563. The maximum atomic E-state index is 13.0. The first-order valence-electron chi connectivity index (χ1n) is 8.64. The molecule has 0 bridgehead atoms. The van der Waals surface area contributed by atoms with Gasteiger partial charge in [-0.05, 0) is 37.9 Å². The minimum atomic E-state index is -0.00667. The van der Waals surface area contributed by atoms with E-state index in [-0.39, 0.29) is 24.4 Å². The molecular weight excluding hydrogens is 363 g/mol. The molecule has 1 aromatic rings. The minimum Gasteiger partial charge on any atom is -0.493 e. The number of amides is 1. The van der Waals surface area contributed by atoms with Crippen LogP contribution in [0.15, 0.2) is 12.1 Å². The van der Waals surface area contributed by atoms with Crippen molar-refractivity contribution in [2.45, 2.75) is 39.2 Å². The third-order valence-electron chi connectivity index (χ3n) is 4.13. The maximum Gasteiger partial charge on any atom is 0.254 e. The number of nitrogens with one attached hydrogen (secondary N) is 1. The number of carbonyl (C=O) groups is 1. The average Bonchev–Trinajstić information content (AvgIpc) is 3.11. The summed E-state index contributed by atoms with van der Waals surface area (Å²) in [6, 6.07) is 3.64. The molecule has 0 radical (unpaired) electrons. The Labute approximate surface area is 161 Å². The van der Waals surface area contributed by atoms with Gasteiger partial charge in [0.05, 0.1) is 18.7 Å². The molecule has 0 saturated carbocycles. The summed E-state index contributed by atoms with van der Waals surface area (Å²) >= 11 is 6.35. The first-order valence-corrected chi connectivity index (χ1v) is 9.02. The van der Waals surface area contributed by atoms with Gasteiger partial charge in [-0.15, -0.1) is 12.4 Å². The van der Waals surface area contributed by atoms with Gasteiger partial charge < -0.3 is 19.7 Å². The topological polar surface area (TPSA) is 50.8 Å². The second-order valence-electron chi connectivity index (χ2n) is 5.98. The third kappa shape index (κ3) is 5.40. The molecule has 7 heteroatoms. The van der Waals surface area contributed by atoms with Gasteiger partial charge in [0.1, 0.15) is 0 Å². The van der Waals surface area contributed by atoms with E-state index in [1.807, 2.05) is 11.8 Å². The van der Waals surface area contributed by atoms with E-state index in [1.54, 1.807) is 19.2 Å². The van der Waals surface area contributed by atoms with Crippen molar-refractivity contribution in [3.63, 3.8) is 0 Å². The van der Waals surface area contributed by atoms with Crippen LogP contribution in [0.25, 0.3) is 0 Å². The van der Waals surface area contributed by atoms with E-state index in [0.29, 0.717) is 28.7 Å². The summed E-state index contributed by atoms with van der Waals surface area (Å²) in [6.07, 6.45) is 2.78. The number of hydrogen-bond donors (Lipinski definition) is 1. The van der Waals surface area contributed by atoms with Crippen LogP contribution in [-0.2, 0) is 0 Å². The summed E-state index contributed by atoms with van der Waals surface area (Å²) in [7, 11) is 1.56. The summed E-state index contributed by atoms with van der Waals surface area (Å²) in [5.41, 5.74) is 0.543. The SMILES string of the molecule is CCCOc1c(Cl)cc(C(=O)N(CCC)C2CCNC2)cc1OC.Cl. The van der Waals surface area contributed by atoms with E-state index in [4.69, 9.17) is 21.1 Å². The molecule has 0 aliphatic carbocycles. The zero-order valence-electron chi connectivity index (χ0n) is 15.1. The van der Waals surface area contributed by atoms with Gasteiger partial charge in [0.15, 0.2) is 11.5 Å². The minimum absolute atomic E-state index is 0. The molecular formula is C18H28Cl2N2O3. The standard InChI is InChI=1S/C18H27ClN2O3.ClH/c1-4-8-21(14-6-7-20-12-14)18(22)13-10-15(19)17(24-9-5-2)16(11-13)23-3;/h10-11,14,20H,4-9,12H2,1-3H3;1H. The summed E-state index contributed by atoms with van der Waals surface area (Å²) in [4.78, 5) is 15.0. The second-order valence-corrected chi connectivity index (χ2v) is 6.39. The zero-order valence-corrected chi connectivity index (χ0v) is 16.7. The number of ether oxygens (including phenoxy) is 2. The van der Waals surface area contributed by atoms with Gasteiger partial charge in [-0.3, -0.25) is 4.79 Å². The van der Waals surface area contributed by atoms with Gasteiger partial charge in [-0.25, -0.2) is 0 Å². The monoisotopic (exact) mass is 390 g/mol. The van der Waals surface area contributed by atoms with E-state index in [9.17, 15) is 4.79 Å². The van der Waals surface area contributed by atoms with Crippen LogP contribution in [0.4, 0.5) is 0 Å². The first-order chi connectivity index (χ1) is 11.6. The number of methoxy groups -OCH3 is 1. The summed E-state index contributed by atoms with van der Waals surface area (Å²) in [6.45, 7) is 7.19. The Morgan fingerprint density at radius 3 is 2.68 bits per heavy atom. The van der Waals surface area contributed by atoms with Crippen molar-refractivity contribution < 1.29 is 14.3 Å². The largest absolute Gasteiger partial charge is 0.493 e. The van der Waals surface area contributed by atoms with Crippen LogP contribution < -0.4 is 14.8 Å². The normalized spacial score (nSPS) is 16.2. The smallest absolute Gasteiger partial charge is 0.254 e. The molecule has 1 atom stereocenters. The number of halogens is 2. The van der Waals surface area contributed by atoms with E-state index in [0.717, 1.165) is 38.9 Å². The molecule has 1 fully saturated rings. The predicted molar refractivity (Wildman–Crippen MR) is 104 cm³/mol. The fourth-order valence-electron chi connectivity index (χ4n) is 2.95. The van der Waals surface area contributed by atoms with Crippen LogP contribution in [0.2, 0.25) is 5.02 Å². The molecule has 0 spiro atoms. The van der Waals surface area contributed by atoms with Crippen molar-refractivity contribution in [1.29, 1.82) is 0 Å². The number of nitrogens with zero attached hydrogens (tertiary/aromatic N) is 1. The first kappa shape index (κ1) is 21.9. The van der Waals surface area contributed by atoms with Crippen LogP contribution in [0.1, 0.15) is 43.5 Å². The van der Waals surface area contributed by atoms with Crippen molar-refractivity contribution in [1.82, 2.24) is 10.2 Å². The number of hydrogen-bond acceptors (Lipinski definition) is 4. The highest BCUT2D eigenvalue weighted by Gasteiger charge is 2.28. The summed E-state index contributed by atoms with van der Waals surface area (Å²) < 4.78 is 11.0. The predicted octanol–water partition coefficient (Wildman–Crippen LogP) is 3.77. The van der Waals surface area contributed by atoms with Gasteiger partial charge in [-0.1, -0.05) is 25.4 Å². The van der Waals surface area contributed by atoms with Crippen molar-refractivity contribution in [2.24, 2.45) is 0 Å². The molecule has 5 nitrogen and oxygen atoms in total. The van der Waals surface area contributed by atoms with E-state index in [2.05, 4.69) is 12.2 Å². The Morgan fingerprint density at radius 2 is 2.12 bits per heavy atom. The van der Waals surface area contributed by atoms with Crippen LogP contribution in [0.3, 0.4) is 0 Å². The average molecular weight is 391 g/mol. The highest BCUT2D eigenvalue weighted by atomic mass is 35.5. The summed E-state index contributed by atoms with van der Waals surface area (Å²) in [5, 5.41) is 3.73. The van der Waals surface area contributed by atoms with Gasteiger partial charge in [-0.2, -0.15) is 0 Å². The molecule has 1 unspecified atom stereocenters. The fourth-order valence-corrected chi connectivity index (χ4v) is 3.21. The van der Waals surface area contributed by atoms with Crippen LogP contribution in [0.5, 0.6) is 11.5 Å². The maximum absolute atomic E-state index is 13.0. The van der Waals surface area contributed by atoms with Crippen LogP contribution in [-0.4, -0.2) is 50.2 Å². The highest BCUT2D eigenvalue weighted by Crippen LogP contribution is 2.37. The Balaban J connectivity index is 0.00000312. The molecule has 0 aromatic heterocycles. The number of carbonyl (C=O) groups excluding carboxylic acids is 1. The van der Waals surface area contributed by atoms with E-state index in [1.165, 1.54) is 0 Å². The van der Waals surface area contributed by atoms with Gasteiger partial charge >= 0.3 is 0 Å². The molecule has 1 heterocycles. The van der Waals surface area contributed by atoms with Crippen LogP contribution in [0, 0.1) is 0 Å². The lowest BCUT2D eigenvalue weighted by atomic mass is 10.1. The Morgan fingerprint density at radius 1 is 1.36 bits per heavy atom. The molecule has 142 valence electrons. The van der Waals surface area contributed by atoms with Crippen molar-refractivity contribution >= 4 is 29.9 Å². The molecule has 25 heavy (non-hydrogen) atoms. The van der Waals surface area contributed by atoms with Crippen molar-refractivity contribution in [3.8, 4) is 11.5 Å². The molecule has 1 N–H and O–H groups in total. The van der Waals surface area contributed by atoms with Crippen molar-refractivity contribution in [3.05, 3.63) is 22.7 Å². The lowest BCUT2D eigenvalue weighted by Crippen LogP contribution is -2.42. The molecule has 1 aliphatic heterocycles. The molecule has 1 aliphatic rings. The quantitative estimate of drug-likeness (QED) is 0.733. The Hall–Kier alpha value is -1.17. The Kier molecular flexibility index (Phi) is 9.39. The fraction of sp³-hybridized carbons (Fsp3) is 0.611. The zero-order chi connectivity index (χ0) is 17.5.